The van der Waals surface area contributed by atoms with Gasteiger partial charge in [-0.1, -0.05) is 60.7 Å². The van der Waals surface area contributed by atoms with Gasteiger partial charge >= 0.3 is 0 Å². The van der Waals surface area contributed by atoms with Gasteiger partial charge in [0, 0.05) is 24.9 Å². The van der Waals surface area contributed by atoms with Crippen LogP contribution in [-0.4, -0.2) is 23.9 Å². The van der Waals surface area contributed by atoms with Crippen molar-refractivity contribution in [2.45, 2.75) is 63.5 Å². The molecule has 28 heavy (non-hydrogen) atoms. The molecule has 0 unspecified atom stereocenters. The molecule has 3 rings (SSSR count). The number of rotatable bonds is 8. The molecule has 148 valence electrons. The first-order valence-electron chi connectivity index (χ1n) is 10.4. The van der Waals surface area contributed by atoms with Gasteiger partial charge in [-0.3, -0.25) is 9.59 Å². The maximum absolute atomic E-state index is 12.2. The van der Waals surface area contributed by atoms with Crippen LogP contribution in [0, 0.1) is 0 Å². The van der Waals surface area contributed by atoms with Crippen molar-refractivity contribution in [2.24, 2.45) is 0 Å². The highest BCUT2D eigenvalue weighted by atomic mass is 16.2. The molecule has 0 radical (unpaired) electrons. The van der Waals surface area contributed by atoms with Crippen LogP contribution in [0.2, 0.25) is 0 Å². The zero-order valence-corrected chi connectivity index (χ0v) is 16.4. The number of carbonyl (C=O) groups excluding carboxylic acids is 2. The standard InChI is InChI=1S/C24H30N2O2/c27-23(17-11-19-7-3-1-4-8-19)25-21-13-15-22(16-14-21)26-24(28)18-12-20-9-5-2-6-10-20/h1-10,21-22H,11-18H2,(H,25,27)(H,26,28). The van der Waals surface area contributed by atoms with E-state index >= 15 is 0 Å². The molecular formula is C24H30N2O2. The Morgan fingerprint density at radius 3 is 1.36 bits per heavy atom. The van der Waals surface area contributed by atoms with Crippen LogP contribution in [0.1, 0.15) is 49.7 Å². The number of hydrogen-bond donors (Lipinski definition) is 2. The maximum atomic E-state index is 12.2. The Kier molecular flexibility index (Phi) is 7.65. The first-order valence-corrected chi connectivity index (χ1v) is 10.4. The van der Waals surface area contributed by atoms with Crippen molar-refractivity contribution < 1.29 is 9.59 Å². The molecule has 2 aromatic carbocycles. The molecule has 0 spiro atoms. The average Bonchev–Trinajstić information content (AvgIpc) is 2.74. The highest BCUT2D eigenvalue weighted by Gasteiger charge is 2.23. The fourth-order valence-corrected chi connectivity index (χ4v) is 3.79. The van der Waals surface area contributed by atoms with Gasteiger partial charge in [-0.2, -0.15) is 0 Å². The highest BCUT2D eigenvalue weighted by Crippen LogP contribution is 2.19. The van der Waals surface area contributed by atoms with Crippen molar-refractivity contribution in [3.63, 3.8) is 0 Å². The molecule has 0 saturated heterocycles. The Morgan fingerprint density at radius 2 is 1.00 bits per heavy atom. The third-order valence-electron chi connectivity index (χ3n) is 5.42. The van der Waals surface area contributed by atoms with E-state index in [1.165, 1.54) is 11.1 Å². The number of amides is 2. The lowest BCUT2D eigenvalue weighted by Gasteiger charge is -2.29. The van der Waals surface area contributed by atoms with E-state index < -0.39 is 0 Å². The summed E-state index contributed by atoms with van der Waals surface area (Å²) in [6, 6.07) is 20.7. The third kappa shape index (κ3) is 6.84. The quantitative estimate of drug-likeness (QED) is 0.734. The van der Waals surface area contributed by atoms with E-state index in [1.54, 1.807) is 0 Å². The van der Waals surface area contributed by atoms with Gasteiger partial charge in [0.2, 0.25) is 11.8 Å². The summed E-state index contributed by atoms with van der Waals surface area (Å²) in [6.45, 7) is 0. The summed E-state index contributed by atoms with van der Waals surface area (Å²) >= 11 is 0. The van der Waals surface area contributed by atoms with Crippen molar-refractivity contribution in [1.29, 1.82) is 0 Å². The van der Waals surface area contributed by atoms with Gasteiger partial charge in [0.1, 0.15) is 0 Å². The van der Waals surface area contributed by atoms with E-state index in [0.29, 0.717) is 12.8 Å². The lowest BCUT2D eigenvalue weighted by Crippen LogP contribution is -2.43. The first-order chi connectivity index (χ1) is 13.7. The molecule has 1 saturated carbocycles. The van der Waals surface area contributed by atoms with Gasteiger partial charge in [-0.15, -0.1) is 0 Å². The molecule has 4 heteroatoms. The number of nitrogens with one attached hydrogen (secondary N) is 2. The minimum Gasteiger partial charge on any atom is -0.353 e. The van der Waals surface area contributed by atoms with Gasteiger partial charge in [0.05, 0.1) is 0 Å². The van der Waals surface area contributed by atoms with Gasteiger partial charge < -0.3 is 10.6 Å². The van der Waals surface area contributed by atoms with Crippen LogP contribution in [0.5, 0.6) is 0 Å². The van der Waals surface area contributed by atoms with Crippen molar-refractivity contribution in [1.82, 2.24) is 10.6 Å². The van der Waals surface area contributed by atoms with Crippen molar-refractivity contribution >= 4 is 11.8 Å². The second kappa shape index (κ2) is 10.6. The van der Waals surface area contributed by atoms with Crippen molar-refractivity contribution in [3.8, 4) is 0 Å². The van der Waals surface area contributed by atoms with E-state index in [1.807, 2.05) is 36.4 Å². The summed E-state index contributed by atoms with van der Waals surface area (Å²) in [5, 5.41) is 6.32. The first kappa shape index (κ1) is 20.1. The SMILES string of the molecule is O=C(CCc1ccccc1)NC1CCC(NC(=O)CCc2ccccc2)CC1. The summed E-state index contributed by atoms with van der Waals surface area (Å²) in [7, 11) is 0. The number of aryl methyl sites for hydroxylation is 2. The van der Waals surface area contributed by atoms with Crippen LogP contribution in [0.3, 0.4) is 0 Å². The fourth-order valence-electron chi connectivity index (χ4n) is 3.79. The average molecular weight is 379 g/mol. The third-order valence-corrected chi connectivity index (χ3v) is 5.42. The lowest BCUT2D eigenvalue weighted by molar-refractivity contribution is -0.123. The molecule has 4 nitrogen and oxygen atoms in total. The summed E-state index contributed by atoms with van der Waals surface area (Å²) in [6.07, 6.45) is 6.34. The summed E-state index contributed by atoms with van der Waals surface area (Å²) in [5.74, 6) is 0.249. The monoisotopic (exact) mass is 378 g/mol. The Morgan fingerprint density at radius 1 is 0.643 bits per heavy atom. The van der Waals surface area contributed by atoms with E-state index in [9.17, 15) is 9.59 Å². The zero-order valence-electron chi connectivity index (χ0n) is 16.4. The van der Waals surface area contributed by atoms with E-state index in [0.717, 1.165) is 38.5 Å². The number of carbonyl (C=O) groups is 2. The molecule has 0 bridgehead atoms. The maximum Gasteiger partial charge on any atom is 0.220 e. The van der Waals surface area contributed by atoms with Crippen molar-refractivity contribution in [3.05, 3.63) is 71.8 Å². The Bertz CT molecular complexity index is 672. The number of hydrogen-bond acceptors (Lipinski definition) is 2. The lowest BCUT2D eigenvalue weighted by atomic mass is 9.91. The minimum absolute atomic E-state index is 0.124. The van der Waals surface area contributed by atoms with E-state index in [2.05, 4.69) is 34.9 Å². The van der Waals surface area contributed by atoms with Gasteiger partial charge in [0.15, 0.2) is 0 Å². The molecule has 2 N–H and O–H groups in total. The molecule has 2 aromatic rings. The topological polar surface area (TPSA) is 58.2 Å². The molecule has 1 fully saturated rings. The smallest absolute Gasteiger partial charge is 0.220 e. The second-order valence-corrected chi connectivity index (χ2v) is 7.65. The Hall–Kier alpha value is -2.62. The predicted octanol–water partition coefficient (Wildman–Crippen LogP) is 3.80. The van der Waals surface area contributed by atoms with E-state index in [4.69, 9.17) is 0 Å². The normalized spacial score (nSPS) is 19.0. The molecule has 0 atom stereocenters. The van der Waals surface area contributed by atoms with Crippen LogP contribution in [-0.2, 0) is 22.4 Å². The molecule has 0 aromatic heterocycles. The summed E-state index contributed by atoms with van der Waals surface area (Å²) < 4.78 is 0. The Labute approximate surface area is 167 Å². The molecule has 1 aliphatic rings. The van der Waals surface area contributed by atoms with Gasteiger partial charge in [-0.25, -0.2) is 0 Å². The molecule has 0 heterocycles. The summed E-state index contributed by atoms with van der Waals surface area (Å²) in [4.78, 5) is 24.4. The molecule has 2 amide bonds. The van der Waals surface area contributed by atoms with Crippen LogP contribution in [0.25, 0.3) is 0 Å². The van der Waals surface area contributed by atoms with Crippen LogP contribution in [0.4, 0.5) is 0 Å². The Balaban J connectivity index is 1.30. The fraction of sp³-hybridized carbons (Fsp3) is 0.417. The van der Waals surface area contributed by atoms with Gasteiger partial charge in [0.25, 0.3) is 0 Å². The van der Waals surface area contributed by atoms with E-state index in [-0.39, 0.29) is 23.9 Å². The summed E-state index contributed by atoms with van der Waals surface area (Å²) in [5.41, 5.74) is 2.39. The van der Waals surface area contributed by atoms with Crippen LogP contribution >= 0.6 is 0 Å². The minimum atomic E-state index is 0.124. The van der Waals surface area contributed by atoms with Crippen LogP contribution in [0.15, 0.2) is 60.7 Å². The second-order valence-electron chi connectivity index (χ2n) is 7.65. The van der Waals surface area contributed by atoms with Crippen LogP contribution < -0.4 is 10.6 Å². The molecule has 1 aliphatic carbocycles. The highest BCUT2D eigenvalue weighted by molar-refractivity contribution is 5.77. The van der Waals surface area contributed by atoms with Crippen molar-refractivity contribution in [2.75, 3.05) is 0 Å². The van der Waals surface area contributed by atoms with Gasteiger partial charge in [-0.05, 0) is 49.7 Å². The number of benzene rings is 2. The molecule has 0 aliphatic heterocycles. The molecular weight excluding hydrogens is 348 g/mol. The largest absolute Gasteiger partial charge is 0.353 e. The zero-order chi connectivity index (χ0) is 19.6. The predicted molar refractivity (Wildman–Crippen MR) is 112 cm³/mol.